The molecule has 1 aliphatic heterocycles. The zero-order valence-electron chi connectivity index (χ0n) is 13.6. The molecule has 2 aromatic carbocycles. The molecule has 0 radical (unpaired) electrons. The third-order valence-electron chi connectivity index (χ3n) is 3.56. The molecule has 0 fully saturated rings. The maximum absolute atomic E-state index is 12.7. The Balaban J connectivity index is 1.67. The monoisotopic (exact) mass is 407 g/mol. The Bertz CT molecular complexity index is 911. The molecule has 0 spiro atoms. The van der Waals surface area contributed by atoms with Crippen molar-refractivity contribution < 1.29 is 33.7 Å². The highest BCUT2D eigenvalue weighted by atomic mass is 32.5. The lowest BCUT2D eigenvalue weighted by Crippen LogP contribution is -2.16. The maximum atomic E-state index is 12.7. The van der Waals surface area contributed by atoms with E-state index in [9.17, 15) is 24.2 Å². The molecule has 27 heavy (non-hydrogen) atoms. The van der Waals surface area contributed by atoms with E-state index in [1.807, 2.05) is 0 Å². The molecule has 1 amide bonds. The Morgan fingerprint density at radius 2 is 1.56 bits per heavy atom. The number of carbonyl (C=O) groups is 1. The smallest absolute Gasteiger partial charge is 0.310 e. The molecule has 0 aliphatic carbocycles. The van der Waals surface area contributed by atoms with E-state index in [4.69, 9.17) is 9.47 Å². The number of amides is 1. The van der Waals surface area contributed by atoms with Crippen LogP contribution in [0, 0.1) is 0 Å². The summed E-state index contributed by atoms with van der Waals surface area (Å²) in [7, 11) is -9.70. The fraction of sp³-hybridized carbons (Fsp3) is 0.118. The van der Waals surface area contributed by atoms with E-state index < -0.39 is 21.0 Å². The van der Waals surface area contributed by atoms with Crippen LogP contribution in [-0.2, 0) is 4.79 Å². The molecule has 0 unspecified atom stereocenters. The molecule has 4 nitrogen and oxygen atoms in total. The lowest BCUT2D eigenvalue weighted by Gasteiger charge is -2.40. The number of hydrogen-bond donors (Lipinski definition) is 1. The molecule has 2 aromatic rings. The summed E-state index contributed by atoms with van der Waals surface area (Å²) in [6, 6.07) is 7.11. The van der Waals surface area contributed by atoms with Gasteiger partial charge in [0.2, 0.25) is 5.91 Å². The quantitative estimate of drug-likeness (QED) is 0.517. The van der Waals surface area contributed by atoms with Crippen LogP contribution >= 0.6 is 10.2 Å². The average molecular weight is 407 g/mol. The van der Waals surface area contributed by atoms with E-state index in [-0.39, 0.29) is 5.56 Å². The van der Waals surface area contributed by atoms with E-state index in [1.54, 1.807) is 18.2 Å². The van der Waals surface area contributed by atoms with Gasteiger partial charge in [-0.2, -0.15) is 0 Å². The summed E-state index contributed by atoms with van der Waals surface area (Å²) >= 11 is 0. The Morgan fingerprint density at radius 3 is 2.19 bits per heavy atom. The summed E-state index contributed by atoms with van der Waals surface area (Å²) in [5.74, 6) is 0.483. The van der Waals surface area contributed by atoms with Crippen LogP contribution in [0.15, 0.2) is 53.4 Å². The van der Waals surface area contributed by atoms with Gasteiger partial charge in [0.15, 0.2) is 11.5 Å². The molecular formula is C17H14F5NO3S. The van der Waals surface area contributed by atoms with Crippen molar-refractivity contribution in [1.82, 2.24) is 0 Å². The molecule has 1 N–H and O–H groups in total. The van der Waals surface area contributed by atoms with Crippen molar-refractivity contribution in [3.8, 4) is 11.5 Å². The van der Waals surface area contributed by atoms with Crippen molar-refractivity contribution in [2.45, 2.75) is 4.90 Å². The zero-order chi connectivity index (χ0) is 19.8. The topological polar surface area (TPSA) is 47.6 Å². The molecule has 0 aromatic heterocycles. The second-order valence-electron chi connectivity index (χ2n) is 5.72. The molecule has 0 saturated carbocycles. The first-order valence-corrected chi connectivity index (χ1v) is 9.59. The fourth-order valence-electron chi connectivity index (χ4n) is 2.31. The lowest BCUT2D eigenvalue weighted by molar-refractivity contribution is -0.111. The van der Waals surface area contributed by atoms with E-state index in [2.05, 4.69) is 5.32 Å². The van der Waals surface area contributed by atoms with Gasteiger partial charge in [-0.05, 0) is 35.9 Å². The van der Waals surface area contributed by atoms with Crippen molar-refractivity contribution in [2.24, 2.45) is 0 Å². The van der Waals surface area contributed by atoms with Crippen LogP contribution in [0.1, 0.15) is 5.56 Å². The molecule has 10 heteroatoms. The second-order valence-corrected chi connectivity index (χ2v) is 8.13. The number of anilines is 1. The predicted molar refractivity (Wildman–Crippen MR) is 92.9 cm³/mol. The van der Waals surface area contributed by atoms with Gasteiger partial charge in [0.05, 0.1) is 0 Å². The van der Waals surface area contributed by atoms with Crippen LogP contribution in [0.4, 0.5) is 25.1 Å². The highest BCUT2D eigenvalue weighted by Gasteiger charge is 2.65. The third kappa shape index (κ3) is 4.91. The number of halogens is 5. The predicted octanol–water partition coefficient (Wildman–Crippen LogP) is 5.77. The molecule has 1 aliphatic rings. The summed E-state index contributed by atoms with van der Waals surface area (Å²) in [6.07, 6.45) is 2.29. The maximum Gasteiger partial charge on any atom is 0.310 e. The Hall–Kier alpha value is -2.75. The summed E-state index contributed by atoms with van der Waals surface area (Å²) in [5.41, 5.74) is 0.600. The normalized spacial score (nSPS) is 16.5. The standard InChI is InChI=1S/C17H14F5NO3S/c18-27(19,20,21,22)14-5-1-12(2-6-14)3-8-17(24)23-13-4-7-15-16(11-13)26-10-9-25-15/h1-8,11H,9-10H2,(H,23,24). The van der Waals surface area contributed by atoms with E-state index >= 15 is 0 Å². The SMILES string of the molecule is O=C(C=Cc1ccc(S(F)(F)(F)(F)F)cc1)Nc1ccc2c(c1)OCCO2. The van der Waals surface area contributed by atoms with Crippen LogP contribution < -0.4 is 14.8 Å². The van der Waals surface area contributed by atoms with Gasteiger partial charge in [-0.3, -0.25) is 4.79 Å². The summed E-state index contributed by atoms with van der Waals surface area (Å²) in [5, 5.41) is 2.55. The molecular weight excluding hydrogens is 393 g/mol. The van der Waals surface area contributed by atoms with Gasteiger partial charge in [0, 0.05) is 17.8 Å². The number of benzene rings is 2. The number of hydrogen-bond acceptors (Lipinski definition) is 3. The van der Waals surface area contributed by atoms with E-state index in [0.29, 0.717) is 42.5 Å². The first-order chi connectivity index (χ1) is 12.4. The van der Waals surface area contributed by atoms with Gasteiger partial charge >= 0.3 is 10.2 Å². The van der Waals surface area contributed by atoms with Gasteiger partial charge in [-0.15, -0.1) is 0 Å². The highest BCUT2D eigenvalue weighted by Crippen LogP contribution is 3.02. The number of carbonyl (C=O) groups excluding carboxylic acids is 1. The largest absolute Gasteiger partial charge is 0.486 e. The Kier molecular flexibility index (Phi) is 4.14. The minimum atomic E-state index is -9.70. The number of ether oxygens (including phenoxy) is 2. The molecule has 1 heterocycles. The van der Waals surface area contributed by atoms with Crippen LogP contribution in [0.5, 0.6) is 11.5 Å². The van der Waals surface area contributed by atoms with Gasteiger partial charge in [0.25, 0.3) is 0 Å². The van der Waals surface area contributed by atoms with Crippen molar-refractivity contribution >= 4 is 27.9 Å². The van der Waals surface area contributed by atoms with Crippen molar-refractivity contribution in [1.29, 1.82) is 0 Å². The first-order valence-electron chi connectivity index (χ1n) is 7.64. The van der Waals surface area contributed by atoms with Crippen molar-refractivity contribution in [2.75, 3.05) is 18.5 Å². The number of nitrogens with one attached hydrogen (secondary N) is 1. The van der Waals surface area contributed by atoms with Crippen molar-refractivity contribution in [3.05, 3.63) is 54.1 Å². The lowest BCUT2D eigenvalue weighted by atomic mass is 10.2. The van der Waals surface area contributed by atoms with Crippen LogP contribution in [0.25, 0.3) is 6.08 Å². The first kappa shape index (κ1) is 19.0. The van der Waals surface area contributed by atoms with Crippen LogP contribution in [0.2, 0.25) is 0 Å². The second kappa shape index (κ2) is 5.88. The molecule has 0 atom stereocenters. The molecule has 146 valence electrons. The molecule has 0 saturated heterocycles. The molecule has 0 bridgehead atoms. The number of fused-ring (bicyclic) bond motifs is 1. The van der Waals surface area contributed by atoms with E-state index in [0.717, 1.165) is 18.2 Å². The van der Waals surface area contributed by atoms with Gasteiger partial charge < -0.3 is 14.8 Å². The third-order valence-corrected chi connectivity index (χ3v) is 4.73. The van der Waals surface area contributed by atoms with Gasteiger partial charge in [0.1, 0.15) is 18.1 Å². The van der Waals surface area contributed by atoms with Gasteiger partial charge in [-0.25, -0.2) is 0 Å². The fourth-order valence-corrected chi connectivity index (χ4v) is 2.96. The summed E-state index contributed by atoms with van der Waals surface area (Å²) in [4.78, 5) is 9.94. The highest BCUT2D eigenvalue weighted by molar-refractivity contribution is 8.45. The van der Waals surface area contributed by atoms with Gasteiger partial charge in [-0.1, -0.05) is 31.6 Å². The minimum Gasteiger partial charge on any atom is -0.486 e. The Labute approximate surface area is 151 Å². The summed E-state index contributed by atoms with van der Waals surface area (Å²) in [6.45, 7) is 0.821. The van der Waals surface area contributed by atoms with Crippen LogP contribution in [-0.4, -0.2) is 19.1 Å². The number of rotatable bonds is 4. The molecule has 3 rings (SSSR count). The Morgan fingerprint density at radius 1 is 0.926 bits per heavy atom. The summed E-state index contributed by atoms with van der Waals surface area (Å²) < 4.78 is 74.0. The van der Waals surface area contributed by atoms with Crippen molar-refractivity contribution in [3.63, 3.8) is 0 Å². The van der Waals surface area contributed by atoms with Crippen LogP contribution in [0.3, 0.4) is 0 Å². The minimum absolute atomic E-state index is 0.165. The average Bonchev–Trinajstić information content (AvgIpc) is 2.58. The zero-order valence-corrected chi connectivity index (χ0v) is 14.4. The van der Waals surface area contributed by atoms with E-state index in [1.165, 1.54) is 6.08 Å².